The number of ether oxygens (including phenoxy) is 1. The van der Waals surface area contributed by atoms with Crippen molar-refractivity contribution in [3.8, 4) is 0 Å². The summed E-state index contributed by atoms with van der Waals surface area (Å²) < 4.78 is 5.51. The molecule has 16 heavy (non-hydrogen) atoms. The van der Waals surface area contributed by atoms with E-state index in [0.29, 0.717) is 18.1 Å². The fourth-order valence-corrected chi connectivity index (χ4v) is 3.12. The van der Waals surface area contributed by atoms with Crippen LogP contribution in [0.3, 0.4) is 0 Å². The summed E-state index contributed by atoms with van der Waals surface area (Å²) in [7, 11) is 0. The minimum atomic E-state index is 0.676. The highest BCUT2D eigenvalue weighted by Crippen LogP contribution is 2.19. The molecule has 2 atom stereocenters. The van der Waals surface area contributed by atoms with Gasteiger partial charge in [-0.2, -0.15) is 0 Å². The third-order valence-corrected chi connectivity index (χ3v) is 4.01. The molecule has 0 saturated carbocycles. The lowest BCUT2D eigenvalue weighted by Crippen LogP contribution is -2.45. The lowest BCUT2D eigenvalue weighted by Gasteiger charge is -2.33. The molecule has 0 N–H and O–H groups in total. The van der Waals surface area contributed by atoms with Crippen LogP contribution in [0.4, 0.5) is 0 Å². The highest BCUT2D eigenvalue weighted by molar-refractivity contribution is 4.84. The second-order valence-corrected chi connectivity index (χ2v) is 5.55. The van der Waals surface area contributed by atoms with Crippen molar-refractivity contribution < 1.29 is 4.74 Å². The minimum Gasteiger partial charge on any atom is -0.380 e. The monoisotopic (exact) mass is 226 g/mol. The Kier molecular flexibility index (Phi) is 4.22. The molecule has 0 aliphatic carbocycles. The maximum Gasteiger partial charge on any atom is 0.0622 e. The van der Waals surface area contributed by atoms with Crippen LogP contribution >= 0.6 is 0 Å². The predicted molar refractivity (Wildman–Crippen MR) is 66.7 cm³/mol. The molecule has 0 radical (unpaired) electrons. The Balaban J connectivity index is 1.93. The van der Waals surface area contributed by atoms with Gasteiger partial charge in [-0.25, -0.2) is 0 Å². The molecule has 94 valence electrons. The summed E-state index contributed by atoms with van der Waals surface area (Å²) in [5.41, 5.74) is 0. The molecule has 0 bridgehead atoms. The molecule has 3 nitrogen and oxygen atoms in total. The van der Waals surface area contributed by atoms with Crippen molar-refractivity contribution in [1.29, 1.82) is 0 Å². The Labute approximate surface area is 99.7 Å². The number of hydrogen-bond acceptors (Lipinski definition) is 3. The van der Waals surface area contributed by atoms with E-state index in [4.69, 9.17) is 4.74 Å². The number of nitrogens with zero attached hydrogens (tertiary/aromatic N) is 2. The van der Waals surface area contributed by atoms with Crippen LogP contribution in [0.2, 0.25) is 0 Å². The van der Waals surface area contributed by atoms with Gasteiger partial charge in [0.25, 0.3) is 0 Å². The molecule has 0 spiro atoms. The van der Waals surface area contributed by atoms with Gasteiger partial charge in [-0.1, -0.05) is 0 Å². The first-order chi connectivity index (χ1) is 7.68. The van der Waals surface area contributed by atoms with Crippen LogP contribution in [-0.2, 0) is 4.74 Å². The zero-order chi connectivity index (χ0) is 11.5. The summed E-state index contributed by atoms with van der Waals surface area (Å²) in [4.78, 5) is 5.29. The molecular weight excluding hydrogens is 200 g/mol. The fraction of sp³-hybridized carbons (Fsp3) is 1.00. The van der Waals surface area contributed by atoms with E-state index in [-0.39, 0.29) is 0 Å². The summed E-state index contributed by atoms with van der Waals surface area (Å²) in [5.74, 6) is 0. The van der Waals surface area contributed by atoms with E-state index in [1.807, 2.05) is 0 Å². The van der Waals surface area contributed by atoms with Gasteiger partial charge in [-0.05, 0) is 46.7 Å². The van der Waals surface area contributed by atoms with Crippen LogP contribution < -0.4 is 0 Å². The Hall–Kier alpha value is -0.120. The molecule has 0 aromatic heterocycles. The molecule has 0 aromatic rings. The van der Waals surface area contributed by atoms with Crippen molar-refractivity contribution in [1.82, 2.24) is 9.80 Å². The molecule has 0 aromatic carbocycles. The van der Waals surface area contributed by atoms with Gasteiger partial charge < -0.3 is 4.74 Å². The molecule has 0 unspecified atom stereocenters. The van der Waals surface area contributed by atoms with Crippen LogP contribution in [0, 0.1) is 0 Å². The highest BCUT2D eigenvalue weighted by atomic mass is 16.5. The Morgan fingerprint density at radius 1 is 1.25 bits per heavy atom. The van der Waals surface area contributed by atoms with Crippen LogP contribution in [0.25, 0.3) is 0 Å². The zero-order valence-electron chi connectivity index (χ0n) is 11.0. The first kappa shape index (κ1) is 12.3. The van der Waals surface area contributed by atoms with Gasteiger partial charge in [0, 0.05) is 31.3 Å². The van der Waals surface area contributed by atoms with Gasteiger partial charge in [0.2, 0.25) is 0 Å². The SMILES string of the molecule is CC(C)N1CCCN([C@H]2CCOC2)C[C@@H]1C. The molecule has 2 saturated heterocycles. The predicted octanol–water partition coefficient (Wildman–Crippen LogP) is 1.58. The van der Waals surface area contributed by atoms with Crippen LogP contribution in [0.1, 0.15) is 33.6 Å². The second-order valence-electron chi connectivity index (χ2n) is 5.55. The Morgan fingerprint density at radius 3 is 2.69 bits per heavy atom. The molecule has 0 amide bonds. The zero-order valence-corrected chi connectivity index (χ0v) is 11.0. The molecular formula is C13H26N2O. The van der Waals surface area contributed by atoms with E-state index in [1.165, 1.54) is 32.5 Å². The quantitative estimate of drug-likeness (QED) is 0.711. The molecule has 2 heterocycles. The van der Waals surface area contributed by atoms with Gasteiger partial charge in [-0.3, -0.25) is 9.80 Å². The average molecular weight is 226 g/mol. The normalized spacial score (nSPS) is 34.5. The lowest BCUT2D eigenvalue weighted by atomic mass is 10.2. The molecule has 2 aliphatic rings. The average Bonchev–Trinajstić information content (AvgIpc) is 2.68. The van der Waals surface area contributed by atoms with Crippen LogP contribution in [0.5, 0.6) is 0 Å². The summed E-state index contributed by atoms with van der Waals surface area (Å²) in [6.07, 6.45) is 2.54. The van der Waals surface area contributed by atoms with Crippen LogP contribution in [0.15, 0.2) is 0 Å². The summed E-state index contributed by atoms with van der Waals surface area (Å²) in [5, 5.41) is 0. The van der Waals surface area contributed by atoms with Crippen LogP contribution in [-0.4, -0.2) is 60.8 Å². The largest absolute Gasteiger partial charge is 0.380 e. The van der Waals surface area contributed by atoms with Crippen molar-refractivity contribution in [2.45, 2.75) is 51.7 Å². The van der Waals surface area contributed by atoms with Crippen molar-refractivity contribution in [3.05, 3.63) is 0 Å². The van der Waals surface area contributed by atoms with E-state index >= 15 is 0 Å². The Morgan fingerprint density at radius 2 is 2.06 bits per heavy atom. The molecule has 2 aliphatic heterocycles. The van der Waals surface area contributed by atoms with E-state index < -0.39 is 0 Å². The van der Waals surface area contributed by atoms with Gasteiger partial charge in [0.05, 0.1) is 6.61 Å². The summed E-state index contributed by atoms with van der Waals surface area (Å²) in [6, 6.07) is 2.05. The van der Waals surface area contributed by atoms with E-state index in [0.717, 1.165) is 13.2 Å². The van der Waals surface area contributed by atoms with E-state index in [2.05, 4.69) is 30.6 Å². The first-order valence-electron chi connectivity index (χ1n) is 6.76. The molecule has 2 fully saturated rings. The lowest BCUT2D eigenvalue weighted by molar-refractivity contribution is 0.121. The maximum atomic E-state index is 5.51. The van der Waals surface area contributed by atoms with E-state index in [1.54, 1.807) is 0 Å². The first-order valence-corrected chi connectivity index (χ1v) is 6.76. The van der Waals surface area contributed by atoms with E-state index in [9.17, 15) is 0 Å². The van der Waals surface area contributed by atoms with Gasteiger partial charge in [0.1, 0.15) is 0 Å². The van der Waals surface area contributed by atoms with Crippen molar-refractivity contribution in [2.75, 3.05) is 32.8 Å². The summed E-state index contributed by atoms with van der Waals surface area (Å²) >= 11 is 0. The fourth-order valence-electron chi connectivity index (χ4n) is 3.12. The molecule has 2 rings (SSSR count). The van der Waals surface area contributed by atoms with Gasteiger partial charge in [0.15, 0.2) is 0 Å². The minimum absolute atomic E-state index is 0.676. The third kappa shape index (κ3) is 2.76. The highest BCUT2D eigenvalue weighted by Gasteiger charge is 2.29. The second kappa shape index (κ2) is 5.48. The number of rotatable bonds is 2. The van der Waals surface area contributed by atoms with Crippen molar-refractivity contribution in [3.63, 3.8) is 0 Å². The summed E-state index contributed by atoms with van der Waals surface area (Å²) in [6.45, 7) is 12.6. The maximum absolute atomic E-state index is 5.51. The number of hydrogen-bond donors (Lipinski definition) is 0. The third-order valence-electron chi connectivity index (χ3n) is 4.01. The van der Waals surface area contributed by atoms with Crippen molar-refractivity contribution in [2.24, 2.45) is 0 Å². The smallest absolute Gasteiger partial charge is 0.0622 e. The topological polar surface area (TPSA) is 15.7 Å². The van der Waals surface area contributed by atoms with Crippen molar-refractivity contribution >= 4 is 0 Å². The molecule has 3 heteroatoms. The standard InChI is InChI=1S/C13H26N2O/c1-11(2)15-7-4-6-14(9-12(15)3)13-5-8-16-10-13/h11-13H,4-10H2,1-3H3/t12-,13-/m0/s1. The Bertz CT molecular complexity index is 214. The van der Waals surface area contributed by atoms with Gasteiger partial charge >= 0.3 is 0 Å². The van der Waals surface area contributed by atoms with Gasteiger partial charge in [-0.15, -0.1) is 0 Å².